The average molecular weight is 230 g/mol. The molecule has 4 heteroatoms. The molecule has 1 heterocycles. The van der Waals surface area contributed by atoms with Crippen molar-refractivity contribution in [1.82, 2.24) is 10.2 Å². The van der Waals surface area contributed by atoms with Crippen LogP contribution in [0.2, 0.25) is 0 Å². The molecule has 0 aromatic carbocycles. The van der Waals surface area contributed by atoms with Crippen LogP contribution in [-0.4, -0.2) is 42.4 Å². The number of rotatable bonds is 5. The zero-order valence-electron chi connectivity index (χ0n) is 9.79. The summed E-state index contributed by atoms with van der Waals surface area (Å²) in [6, 6.07) is 0. The van der Waals surface area contributed by atoms with Crippen molar-refractivity contribution in [3.05, 3.63) is 0 Å². The number of likely N-dealkylation sites (N-methyl/N-ethyl adjacent to an activating group) is 1. The van der Waals surface area contributed by atoms with Gasteiger partial charge in [0, 0.05) is 26.2 Å². The molecule has 1 rings (SSSR count). The van der Waals surface area contributed by atoms with E-state index in [1.54, 1.807) is 0 Å². The Morgan fingerprint density at radius 2 is 2.33 bits per heavy atom. The SMILES string of the molecule is CCCNC(=S)N(CC)CC1CCCO1. The minimum absolute atomic E-state index is 0.381. The molecular formula is C11H22N2OS. The third kappa shape index (κ3) is 4.34. The van der Waals surface area contributed by atoms with Crippen LogP contribution < -0.4 is 5.32 Å². The first-order chi connectivity index (χ1) is 7.27. The summed E-state index contributed by atoms with van der Waals surface area (Å²) < 4.78 is 5.61. The van der Waals surface area contributed by atoms with E-state index < -0.39 is 0 Å². The van der Waals surface area contributed by atoms with Crippen LogP contribution in [0.5, 0.6) is 0 Å². The highest BCUT2D eigenvalue weighted by Crippen LogP contribution is 2.13. The Morgan fingerprint density at radius 1 is 1.53 bits per heavy atom. The normalized spacial score (nSPS) is 20.3. The zero-order valence-corrected chi connectivity index (χ0v) is 10.6. The minimum atomic E-state index is 0.381. The van der Waals surface area contributed by atoms with Gasteiger partial charge in [-0.3, -0.25) is 0 Å². The van der Waals surface area contributed by atoms with Crippen molar-refractivity contribution in [2.75, 3.05) is 26.2 Å². The molecule has 3 nitrogen and oxygen atoms in total. The lowest BCUT2D eigenvalue weighted by Gasteiger charge is -2.26. The topological polar surface area (TPSA) is 24.5 Å². The van der Waals surface area contributed by atoms with Gasteiger partial charge in [-0.15, -0.1) is 0 Å². The van der Waals surface area contributed by atoms with Crippen molar-refractivity contribution in [3.63, 3.8) is 0 Å². The van der Waals surface area contributed by atoms with E-state index in [9.17, 15) is 0 Å². The van der Waals surface area contributed by atoms with Gasteiger partial charge in [0.1, 0.15) is 0 Å². The molecule has 0 amide bonds. The quantitative estimate of drug-likeness (QED) is 0.728. The van der Waals surface area contributed by atoms with Crippen molar-refractivity contribution in [2.45, 2.75) is 39.2 Å². The summed E-state index contributed by atoms with van der Waals surface area (Å²) in [6.07, 6.45) is 3.85. The number of hydrogen-bond donors (Lipinski definition) is 1. The van der Waals surface area contributed by atoms with Crippen molar-refractivity contribution >= 4 is 17.3 Å². The maximum atomic E-state index is 5.61. The molecule has 0 bridgehead atoms. The van der Waals surface area contributed by atoms with Gasteiger partial charge in [0.05, 0.1) is 6.10 Å². The Balaban J connectivity index is 2.29. The molecule has 1 saturated heterocycles. The fraction of sp³-hybridized carbons (Fsp3) is 0.909. The van der Waals surface area contributed by atoms with Gasteiger partial charge < -0.3 is 15.0 Å². The fourth-order valence-corrected chi connectivity index (χ4v) is 2.04. The molecular weight excluding hydrogens is 208 g/mol. The summed E-state index contributed by atoms with van der Waals surface area (Å²) in [5.74, 6) is 0. The predicted molar refractivity (Wildman–Crippen MR) is 67.1 cm³/mol. The lowest BCUT2D eigenvalue weighted by Crippen LogP contribution is -2.43. The van der Waals surface area contributed by atoms with E-state index in [0.29, 0.717) is 6.10 Å². The highest BCUT2D eigenvalue weighted by atomic mass is 32.1. The summed E-state index contributed by atoms with van der Waals surface area (Å²) in [7, 11) is 0. The first-order valence-corrected chi connectivity index (χ1v) is 6.33. The molecule has 0 saturated carbocycles. The highest BCUT2D eigenvalue weighted by Gasteiger charge is 2.19. The first-order valence-electron chi connectivity index (χ1n) is 5.92. The van der Waals surface area contributed by atoms with Gasteiger partial charge in [-0.05, 0) is 38.4 Å². The molecule has 15 heavy (non-hydrogen) atoms. The summed E-state index contributed by atoms with van der Waals surface area (Å²) in [5.41, 5.74) is 0. The molecule has 1 aliphatic heterocycles. The second kappa shape index (κ2) is 7.01. The third-order valence-electron chi connectivity index (χ3n) is 2.64. The number of thiocarbonyl (C=S) groups is 1. The van der Waals surface area contributed by atoms with Crippen LogP contribution in [0.15, 0.2) is 0 Å². The van der Waals surface area contributed by atoms with E-state index in [0.717, 1.165) is 37.8 Å². The summed E-state index contributed by atoms with van der Waals surface area (Å²) in [6.45, 7) is 8.04. The van der Waals surface area contributed by atoms with Crippen molar-refractivity contribution in [1.29, 1.82) is 0 Å². The van der Waals surface area contributed by atoms with Crippen molar-refractivity contribution in [3.8, 4) is 0 Å². The monoisotopic (exact) mass is 230 g/mol. The van der Waals surface area contributed by atoms with E-state index in [2.05, 4.69) is 24.1 Å². The highest BCUT2D eigenvalue weighted by molar-refractivity contribution is 7.80. The van der Waals surface area contributed by atoms with Crippen LogP contribution in [0.1, 0.15) is 33.1 Å². The Hall–Kier alpha value is -0.350. The van der Waals surface area contributed by atoms with Crippen LogP contribution in [0.25, 0.3) is 0 Å². The Labute approximate surface area is 98.2 Å². The second-order valence-electron chi connectivity index (χ2n) is 3.91. The van der Waals surface area contributed by atoms with Crippen LogP contribution in [0.4, 0.5) is 0 Å². The molecule has 1 N–H and O–H groups in total. The van der Waals surface area contributed by atoms with E-state index in [-0.39, 0.29) is 0 Å². The van der Waals surface area contributed by atoms with Crippen molar-refractivity contribution in [2.24, 2.45) is 0 Å². The first kappa shape index (κ1) is 12.7. The van der Waals surface area contributed by atoms with E-state index in [1.165, 1.54) is 12.8 Å². The molecule has 0 aromatic rings. The minimum Gasteiger partial charge on any atom is -0.376 e. The van der Waals surface area contributed by atoms with Crippen LogP contribution >= 0.6 is 12.2 Å². The van der Waals surface area contributed by atoms with Crippen LogP contribution in [0.3, 0.4) is 0 Å². The van der Waals surface area contributed by atoms with E-state index in [4.69, 9.17) is 17.0 Å². The summed E-state index contributed by atoms with van der Waals surface area (Å²) in [4.78, 5) is 2.20. The molecule has 0 spiro atoms. The van der Waals surface area contributed by atoms with Crippen LogP contribution in [0, 0.1) is 0 Å². The Bertz CT molecular complexity index is 193. The Morgan fingerprint density at radius 3 is 2.87 bits per heavy atom. The lowest BCUT2D eigenvalue weighted by atomic mass is 10.2. The maximum absolute atomic E-state index is 5.61. The predicted octanol–water partition coefficient (Wildman–Crippen LogP) is 1.77. The fourth-order valence-electron chi connectivity index (χ4n) is 1.73. The molecule has 1 fully saturated rings. The van der Waals surface area contributed by atoms with E-state index in [1.807, 2.05) is 0 Å². The number of ether oxygens (including phenoxy) is 1. The summed E-state index contributed by atoms with van der Waals surface area (Å²) >= 11 is 5.33. The average Bonchev–Trinajstić information content (AvgIpc) is 2.75. The Kier molecular flexibility index (Phi) is 5.95. The van der Waals surface area contributed by atoms with Gasteiger partial charge in [-0.2, -0.15) is 0 Å². The largest absolute Gasteiger partial charge is 0.376 e. The molecule has 88 valence electrons. The smallest absolute Gasteiger partial charge is 0.169 e. The number of nitrogens with zero attached hydrogens (tertiary/aromatic N) is 1. The number of nitrogens with one attached hydrogen (secondary N) is 1. The molecule has 0 aromatic heterocycles. The molecule has 1 unspecified atom stereocenters. The van der Waals surface area contributed by atoms with Crippen LogP contribution in [-0.2, 0) is 4.74 Å². The number of hydrogen-bond acceptors (Lipinski definition) is 2. The van der Waals surface area contributed by atoms with Crippen molar-refractivity contribution < 1.29 is 4.74 Å². The zero-order chi connectivity index (χ0) is 11.1. The molecule has 1 aliphatic rings. The standard InChI is InChI=1S/C11H22N2OS/c1-3-7-12-11(15)13(4-2)9-10-6-5-8-14-10/h10H,3-9H2,1-2H3,(H,12,15). The second-order valence-corrected chi connectivity index (χ2v) is 4.29. The molecule has 1 atom stereocenters. The lowest BCUT2D eigenvalue weighted by molar-refractivity contribution is 0.0921. The van der Waals surface area contributed by atoms with Gasteiger partial charge in [0.15, 0.2) is 5.11 Å². The maximum Gasteiger partial charge on any atom is 0.169 e. The summed E-state index contributed by atoms with van der Waals surface area (Å²) in [5, 5.41) is 4.13. The van der Waals surface area contributed by atoms with Gasteiger partial charge >= 0.3 is 0 Å². The van der Waals surface area contributed by atoms with Gasteiger partial charge in [0.2, 0.25) is 0 Å². The van der Waals surface area contributed by atoms with Gasteiger partial charge in [0.25, 0.3) is 0 Å². The molecule has 0 aliphatic carbocycles. The van der Waals surface area contributed by atoms with Gasteiger partial charge in [-0.25, -0.2) is 0 Å². The third-order valence-corrected chi connectivity index (χ3v) is 3.05. The molecule has 0 radical (unpaired) electrons. The van der Waals surface area contributed by atoms with Gasteiger partial charge in [-0.1, -0.05) is 6.92 Å². The van der Waals surface area contributed by atoms with E-state index >= 15 is 0 Å².